The highest BCUT2D eigenvalue weighted by Crippen LogP contribution is 2.31. The maximum absolute atomic E-state index is 10.3. The Hall–Kier alpha value is -1.75. The van der Waals surface area contributed by atoms with Crippen molar-refractivity contribution >= 4 is 6.47 Å². The molecule has 0 amide bonds. The van der Waals surface area contributed by atoms with E-state index in [1.54, 1.807) is 25.3 Å². The highest BCUT2D eigenvalue weighted by atomic mass is 16.6. The van der Waals surface area contributed by atoms with Crippen LogP contribution < -0.4 is 14.2 Å². The zero-order chi connectivity index (χ0) is 11.4. The van der Waals surface area contributed by atoms with Gasteiger partial charge in [-0.15, -0.1) is 0 Å². The van der Waals surface area contributed by atoms with Crippen LogP contribution in [0.15, 0.2) is 18.2 Å². The van der Waals surface area contributed by atoms with E-state index in [-0.39, 0.29) is 6.10 Å². The van der Waals surface area contributed by atoms with Crippen molar-refractivity contribution < 1.29 is 23.7 Å². The molecule has 0 aliphatic carbocycles. The lowest BCUT2D eigenvalue weighted by molar-refractivity contribution is -0.120. The molecule has 0 N–H and O–H groups in total. The first-order chi connectivity index (χ1) is 7.83. The van der Waals surface area contributed by atoms with Crippen LogP contribution in [0.1, 0.15) is 0 Å². The van der Waals surface area contributed by atoms with E-state index < -0.39 is 0 Å². The first-order valence-corrected chi connectivity index (χ1v) is 4.86. The topological polar surface area (TPSA) is 57.3 Å². The van der Waals surface area contributed by atoms with Gasteiger partial charge in [-0.3, -0.25) is 4.79 Å². The van der Waals surface area contributed by atoms with Gasteiger partial charge in [-0.2, -0.15) is 0 Å². The molecule has 1 aliphatic rings. The third kappa shape index (κ3) is 2.64. The van der Waals surface area contributed by atoms with E-state index in [9.17, 15) is 4.79 Å². The summed E-state index contributed by atoms with van der Waals surface area (Å²) in [4.78, 5) is 10.3. The number of hydrogen-bond acceptors (Lipinski definition) is 5. The Morgan fingerprint density at radius 3 is 2.94 bits per heavy atom. The summed E-state index contributed by atoms with van der Waals surface area (Å²) in [5.41, 5.74) is 0. The molecular weight excluding hydrogens is 212 g/mol. The lowest BCUT2D eigenvalue weighted by Crippen LogP contribution is -2.05. The van der Waals surface area contributed by atoms with Gasteiger partial charge in [0.1, 0.15) is 18.5 Å². The molecule has 0 bridgehead atoms. The molecule has 5 heteroatoms. The minimum absolute atomic E-state index is 0.159. The molecule has 1 aromatic rings. The van der Waals surface area contributed by atoms with Crippen LogP contribution in [-0.4, -0.2) is 32.9 Å². The van der Waals surface area contributed by atoms with Gasteiger partial charge in [0.2, 0.25) is 0 Å². The highest BCUT2D eigenvalue weighted by molar-refractivity contribution is 5.53. The second-order valence-electron chi connectivity index (χ2n) is 3.29. The van der Waals surface area contributed by atoms with E-state index in [1.807, 2.05) is 0 Å². The minimum atomic E-state index is 0.159. The van der Waals surface area contributed by atoms with Crippen molar-refractivity contribution in [2.45, 2.75) is 6.10 Å². The molecule has 1 saturated heterocycles. The first-order valence-electron chi connectivity index (χ1n) is 4.86. The van der Waals surface area contributed by atoms with E-state index in [0.29, 0.717) is 30.3 Å². The summed E-state index contributed by atoms with van der Waals surface area (Å²) in [7, 11) is 1.54. The number of epoxide rings is 1. The van der Waals surface area contributed by atoms with E-state index in [1.165, 1.54) is 0 Å². The predicted octanol–water partition coefficient (Wildman–Crippen LogP) is 1.01. The van der Waals surface area contributed by atoms with Crippen molar-refractivity contribution in [2.75, 3.05) is 20.3 Å². The summed E-state index contributed by atoms with van der Waals surface area (Å²) in [6.45, 7) is 1.54. The van der Waals surface area contributed by atoms with Crippen LogP contribution in [0.5, 0.6) is 17.2 Å². The SMILES string of the molecule is COc1ccc(OCC2CO2)c(OC=O)c1. The highest BCUT2D eigenvalue weighted by Gasteiger charge is 2.23. The lowest BCUT2D eigenvalue weighted by Gasteiger charge is -2.09. The van der Waals surface area contributed by atoms with Crippen molar-refractivity contribution in [1.82, 2.24) is 0 Å². The molecule has 0 radical (unpaired) electrons. The Morgan fingerprint density at radius 2 is 2.31 bits per heavy atom. The van der Waals surface area contributed by atoms with Gasteiger partial charge in [-0.25, -0.2) is 0 Å². The molecular formula is C11H12O5. The summed E-state index contributed by atoms with van der Waals surface area (Å²) in [6.07, 6.45) is 0.159. The maximum atomic E-state index is 10.3. The fraction of sp³-hybridized carbons (Fsp3) is 0.364. The van der Waals surface area contributed by atoms with Gasteiger partial charge in [-0.1, -0.05) is 0 Å². The zero-order valence-electron chi connectivity index (χ0n) is 8.84. The molecule has 1 atom stereocenters. The van der Waals surface area contributed by atoms with Crippen LogP contribution in [0.2, 0.25) is 0 Å². The van der Waals surface area contributed by atoms with Crippen molar-refractivity contribution in [3.63, 3.8) is 0 Å². The van der Waals surface area contributed by atoms with Crippen LogP contribution in [0.4, 0.5) is 0 Å². The van der Waals surface area contributed by atoms with Crippen LogP contribution >= 0.6 is 0 Å². The third-order valence-corrected chi connectivity index (χ3v) is 2.15. The van der Waals surface area contributed by atoms with Crippen molar-refractivity contribution in [3.8, 4) is 17.2 Å². The molecule has 16 heavy (non-hydrogen) atoms. The van der Waals surface area contributed by atoms with Gasteiger partial charge < -0.3 is 18.9 Å². The Balaban J connectivity index is 2.09. The Kier molecular flexibility index (Phi) is 3.26. The van der Waals surface area contributed by atoms with Gasteiger partial charge in [0.15, 0.2) is 11.5 Å². The number of carbonyl (C=O) groups is 1. The minimum Gasteiger partial charge on any atom is -0.497 e. The molecule has 1 fully saturated rings. The zero-order valence-corrected chi connectivity index (χ0v) is 8.84. The second-order valence-corrected chi connectivity index (χ2v) is 3.29. The molecule has 1 aliphatic heterocycles. The molecule has 1 heterocycles. The fourth-order valence-electron chi connectivity index (χ4n) is 1.23. The van der Waals surface area contributed by atoms with Gasteiger partial charge in [0.25, 0.3) is 6.47 Å². The number of methoxy groups -OCH3 is 1. The Morgan fingerprint density at radius 1 is 1.50 bits per heavy atom. The molecule has 2 rings (SSSR count). The summed E-state index contributed by atoms with van der Waals surface area (Å²) in [5.74, 6) is 1.45. The van der Waals surface area contributed by atoms with Crippen molar-refractivity contribution in [1.29, 1.82) is 0 Å². The Labute approximate surface area is 92.9 Å². The Bertz CT molecular complexity index is 373. The summed E-state index contributed by atoms with van der Waals surface area (Å²) in [6, 6.07) is 5.03. The smallest absolute Gasteiger partial charge is 0.298 e. The normalized spacial score (nSPS) is 17.7. The molecule has 0 spiro atoms. The van der Waals surface area contributed by atoms with Gasteiger partial charge in [-0.05, 0) is 12.1 Å². The maximum Gasteiger partial charge on any atom is 0.298 e. The van der Waals surface area contributed by atoms with E-state index >= 15 is 0 Å². The largest absolute Gasteiger partial charge is 0.497 e. The fourth-order valence-corrected chi connectivity index (χ4v) is 1.23. The van der Waals surface area contributed by atoms with Crippen molar-refractivity contribution in [2.24, 2.45) is 0 Å². The number of ether oxygens (including phenoxy) is 4. The average molecular weight is 224 g/mol. The third-order valence-electron chi connectivity index (χ3n) is 2.15. The van der Waals surface area contributed by atoms with E-state index in [0.717, 1.165) is 6.61 Å². The lowest BCUT2D eigenvalue weighted by atomic mass is 10.3. The van der Waals surface area contributed by atoms with Crippen LogP contribution in [0.25, 0.3) is 0 Å². The predicted molar refractivity (Wildman–Crippen MR) is 54.9 cm³/mol. The molecule has 1 unspecified atom stereocenters. The number of hydrogen-bond donors (Lipinski definition) is 0. The van der Waals surface area contributed by atoms with Gasteiger partial charge in [0, 0.05) is 6.07 Å². The van der Waals surface area contributed by atoms with Gasteiger partial charge in [0.05, 0.1) is 13.7 Å². The number of rotatable bonds is 6. The molecule has 86 valence electrons. The second kappa shape index (κ2) is 4.85. The first kappa shape index (κ1) is 10.8. The number of benzene rings is 1. The van der Waals surface area contributed by atoms with Crippen LogP contribution in [0.3, 0.4) is 0 Å². The standard InChI is InChI=1S/C11H12O5/c1-13-8-2-3-10(11(4-8)16-7-12)15-6-9-5-14-9/h2-4,7,9H,5-6H2,1H3. The number of carbonyl (C=O) groups excluding carboxylic acids is 1. The summed E-state index contributed by atoms with van der Waals surface area (Å²) < 4.78 is 20.3. The molecule has 5 nitrogen and oxygen atoms in total. The average Bonchev–Trinajstić information content (AvgIpc) is 3.11. The van der Waals surface area contributed by atoms with Gasteiger partial charge >= 0.3 is 0 Å². The summed E-state index contributed by atoms with van der Waals surface area (Å²) in [5, 5.41) is 0. The molecule has 0 saturated carbocycles. The summed E-state index contributed by atoms with van der Waals surface area (Å²) >= 11 is 0. The van der Waals surface area contributed by atoms with E-state index in [2.05, 4.69) is 0 Å². The van der Waals surface area contributed by atoms with E-state index in [4.69, 9.17) is 18.9 Å². The monoisotopic (exact) mass is 224 g/mol. The molecule has 0 aromatic heterocycles. The van der Waals surface area contributed by atoms with Crippen LogP contribution in [-0.2, 0) is 9.53 Å². The van der Waals surface area contributed by atoms with Crippen LogP contribution in [0, 0.1) is 0 Å². The quantitative estimate of drug-likeness (QED) is 0.533. The molecule has 1 aromatic carbocycles. The van der Waals surface area contributed by atoms with Crippen molar-refractivity contribution in [3.05, 3.63) is 18.2 Å².